The van der Waals surface area contributed by atoms with Gasteiger partial charge in [0.25, 0.3) is 5.91 Å². The molecule has 6 heteroatoms. The van der Waals surface area contributed by atoms with Crippen molar-refractivity contribution in [1.29, 1.82) is 0 Å². The number of aromatic nitrogens is 4. The molecule has 2 aromatic rings. The van der Waals surface area contributed by atoms with Gasteiger partial charge in [0.2, 0.25) is 0 Å². The molecule has 0 spiro atoms. The number of carbonyl (C=O) groups excluding carboxylic acids is 1. The van der Waals surface area contributed by atoms with E-state index in [0.717, 1.165) is 12.2 Å². The van der Waals surface area contributed by atoms with Gasteiger partial charge in [0.1, 0.15) is 11.5 Å². The van der Waals surface area contributed by atoms with E-state index in [0.29, 0.717) is 18.3 Å². The molecular weight excluding hydrogens is 314 g/mol. The summed E-state index contributed by atoms with van der Waals surface area (Å²) in [5.74, 6) is 1.01. The highest BCUT2D eigenvalue weighted by atomic mass is 16.2. The Morgan fingerprint density at radius 3 is 2.64 bits per heavy atom. The second-order valence-corrected chi connectivity index (χ2v) is 7.03. The lowest BCUT2D eigenvalue weighted by Crippen LogP contribution is -2.28. The minimum Gasteiger partial charge on any atom is -0.350 e. The molecule has 0 atom stereocenters. The fraction of sp³-hybridized carbons (Fsp3) is 0.632. The third-order valence-electron chi connectivity index (χ3n) is 5.19. The van der Waals surface area contributed by atoms with E-state index < -0.39 is 0 Å². The largest absolute Gasteiger partial charge is 0.350 e. The molecule has 136 valence electrons. The molecule has 1 amide bonds. The van der Waals surface area contributed by atoms with Gasteiger partial charge >= 0.3 is 0 Å². The first-order chi connectivity index (χ1) is 12.2. The Labute approximate surface area is 149 Å². The number of rotatable bonds is 5. The van der Waals surface area contributed by atoms with E-state index in [1.807, 2.05) is 6.20 Å². The molecule has 0 bridgehead atoms. The smallest absolute Gasteiger partial charge is 0.269 e. The summed E-state index contributed by atoms with van der Waals surface area (Å²) in [7, 11) is 1.78. The van der Waals surface area contributed by atoms with Crippen LogP contribution in [0.15, 0.2) is 18.5 Å². The predicted octanol–water partition coefficient (Wildman–Crippen LogP) is 3.18. The standard InChI is InChI=1S/C19H29N5O/c1-15-14-21-18(24(15)16-8-6-4-3-5-7-9-16)11-12-20-19(25)17-10-13-22-23(17)2/h10,13-14,16H,3-9,11-12H2,1-2H3,(H,20,25). The van der Waals surface area contributed by atoms with Gasteiger partial charge in [-0.3, -0.25) is 9.48 Å². The predicted molar refractivity (Wildman–Crippen MR) is 97.6 cm³/mol. The van der Waals surface area contributed by atoms with Gasteiger partial charge in [-0.25, -0.2) is 4.98 Å². The molecule has 1 aliphatic carbocycles. The summed E-state index contributed by atoms with van der Waals surface area (Å²) < 4.78 is 4.01. The average Bonchev–Trinajstić information content (AvgIpc) is 3.14. The Bertz CT molecular complexity index is 694. The molecule has 1 saturated carbocycles. The van der Waals surface area contributed by atoms with Crippen LogP contribution in [0.3, 0.4) is 0 Å². The van der Waals surface area contributed by atoms with Crippen LogP contribution >= 0.6 is 0 Å². The van der Waals surface area contributed by atoms with Gasteiger partial charge in [0.15, 0.2) is 0 Å². The summed E-state index contributed by atoms with van der Waals surface area (Å²) in [5, 5.41) is 7.02. The third-order valence-corrected chi connectivity index (χ3v) is 5.19. The summed E-state index contributed by atoms with van der Waals surface area (Å²) >= 11 is 0. The fourth-order valence-corrected chi connectivity index (χ4v) is 3.85. The van der Waals surface area contributed by atoms with Gasteiger partial charge in [0.05, 0.1) is 0 Å². The summed E-state index contributed by atoms with van der Waals surface area (Å²) in [5.41, 5.74) is 1.82. The molecule has 25 heavy (non-hydrogen) atoms. The van der Waals surface area contributed by atoms with E-state index in [4.69, 9.17) is 0 Å². The highest BCUT2D eigenvalue weighted by Gasteiger charge is 2.18. The maximum absolute atomic E-state index is 12.2. The molecule has 1 N–H and O–H groups in total. The van der Waals surface area contributed by atoms with Gasteiger partial charge < -0.3 is 9.88 Å². The maximum Gasteiger partial charge on any atom is 0.269 e. The zero-order valence-electron chi connectivity index (χ0n) is 15.4. The number of nitrogens with one attached hydrogen (secondary N) is 1. The molecule has 0 unspecified atom stereocenters. The van der Waals surface area contributed by atoms with Crippen LogP contribution in [-0.2, 0) is 13.5 Å². The minimum atomic E-state index is -0.0826. The van der Waals surface area contributed by atoms with E-state index in [-0.39, 0.29) is 5.91 Å². The molecule has 0 radical (unpaired) electrons. The summed E-state index contributed by atoms with van der Waals surface area (Å²) in [4.78, 5) is 16.8. The lowest BCUT2D eigenvalue weighted by atomic mass is 9.96. The van der Waals surface area contributed by atoms with Crippen molar-refractivity contribution in [1.82, 2.24) is 24.6 Å². The Morgan fingerprint density at radius 2 is 1.96 bits per heavy atom. The van der Waals surface area contributed by atoms with E-state index in [1.165, 1.54) is 50.6 Å². The van der Waals surface area contributed by atoms with Crippen molar-refractivity contribution in [3.8, 4) is 0 Å². The highest BCUT2D eigenvalue weighted by molar-refractivity contribution is 5.92. The summed E-state index contributed by atoms with van der Waals surface area (Å²) in [6, 6.07) is 2.29. The monoisotopic (exact) mass is 343 g/mol. The van der Waals surface area contributed by atoms with Crippen LogP contribution in [0, 0.1) is 6.92 Å². The van der Waals surface area contributed by atoms with E-state index in [1.54, 1.807) is 24.0 Å². The van der Waals surface area contributed by atoms with Gasteiger partial charge in [-0.05, 0) is 25.8 Å². The SMILES string of the molecule is Cc1cnc(CCNC(=O)c2ccnn2C)n1C1CCCCCCC1. The number of amides is 1. The summed E-state index contributed by atoms with van der Waals surface area (Å²) in [6.45, 7) is 2.73. The summed E-state index contributed by atoms with van der Waals surface area (Å²) in [6.07, 6.45) is 13.5. The second kappa shape index (κ2) is 8.32. The average molecular weight is 343 g/mol. The van der Waals surface area contributed by atoms with Crippen LogP contribution < -0.4 is 5.32 Å². The van der Waals surface area contributed by atoms with Gasteiger partial charge in [0, 0.05) is 44.1 Å². The Hall–Kier alpha value is -2.11. The molecule has 0 saturated heterocycles. The van der Waals surface area contributed by atoms with Crippen LogP contribution in [0.4, 0.5) is 0 Å². The van der Waals surface area contributed by atoms with Crippen molar-refractivity contribution in [3.63, 3.8) is 0 Å². The lowest BCUT2D eigenvalue weighted by molar-refractivity contribution is 0.0944. The number of nitrogens with zero attached hydrogens (tertiary/aromatic N) is 4. The molecule has 6 nitrogen and oxygen atoms in total. The normalized spacial score (nSPS) is 16.4. The number of hydrogen-bond acceptors (Lipinski definition) is 3. The molecule has 0 aliphatic heterocycles. The first-order valence-electron chi connectivity index (χ1n) is 9.45. The van der Waals surface area contributed by atoms with Gasteiger partial charge in [-0.2, -0.15) is 5.10 Å². The quantitative estimate of drug-likeness (QED) is 0.907. The van der Waals surface area contributed by atoms with Crippen LogP contribution in [0.2, 0.25) is 0 Å². The van der Waals surface area contributed by atoms with Crippen LogP contribution in [0.25, 0.3) is 0 Å². The van der Waals surface area contributed by atoms with Gasteiger partial charge in [-0.15, -0.1) is 0 Å². The fourth-order valence-electron chi connectivity index (χ4n) is 3.85. The van der Waals surface area contributed by atoms with Crippen molar-refractivity contribution >= 4 is 5.91 Å². The first-order valence-corrected chi connectivity index (χ1v) is 9.45. The van der Waals surface area contributed by atoms with E-state index in [9.17, 15) is 4.79 Å². The molecule has 1 fully saturated rings. The molecule has 1 aliphatic rings. The molecule has 3 rings (SSSR count). The Morgan fingerprint density at radius 1 is 1.24 bits per heavy atom. The molecular formula is C19H29N5O. The molecule has 2 heterocycles. The first kappa shape index (κ1) is 17.7. The number of carbonyl (C=O) groups is 1. The Kier molecular flexibility index (Phi) is 5.89. The van der Waals surface area contributed by atoms with Crippen LogP contribution in [0.1, 0.15) is 73.0 Å². The lowest BCUT2D eigenvalue weighted by Gasteiger charge is -2.24. The number of aryl methyl sites for hydroxylation is 2. The van der Waals surface area contributed by atoms with Crippen molar-refractivity contribution in [2.24, 2.45) is 7.05 Å². The molecule has 2 aromatic heterocycles. The third kappa shape index (κ3) is 4.30. The number of hydrogen-bond donors (Lipinski definition) is 1. The van der Waals surface area contributed by atoms with Crippen molar-refractivity contribution in [2.45, 2.75) is 64.3 Å². The van der Waals surface area contributed by atoms with Crippen molar-refractivity contribution in [2.75, 3.05) is 6.54 Å². The zero-order valence-corrected chi connectivity index (χ0v) is 15.4. The topological polar surface area (TPSA) is 64.7 Å². The van der Waals surface area contributed by atoms with Crippen LogP contribution in [0.5, 0.6) is 0 Å². The van der Waals surface area contributed by atoms with Crippen molar-refractivity contribution in [3.05, 3.63) is 35.7 Å². The van der Waals surface area contributed by atoms with Crippen LogP contribution in [-0.4, -0.2) is 31.8 Å². The van der Waals surface area contributed by atoms with E-state index >= 15 is 0 Å². The highest BCUT2D eigenvalue weighted by Crippen LogP contribution is 2.28. The number of imidazole rings is 1. The van der Waals surface area contributed by atoms with Crippen molar-refractivity contribution < 1.29 is 4.79 Å². The van der Waals surface area contributed by atoms with Gasteiger partial charge in [-0.1, -0.05) is 32.1 Å². The zero-order chi connectivity index (χ0) is 17.6. The maximum atomic E-state index is 12.2. The molecule has 0 aromatic carbocycles. The Balaban J connectivity index is 1.61. The minimum absolute atomic E-state index is 0.0826. The second-order valence-electron chi connectivity index (χ2n) is 7.03. The van der Waals surface area contributed by atoms with E-state index in [2.05, 4.69) is 26.9 Å².